The molecule has 0 spiro atoms. The normalized spacial score (nSPS) is 16.7. The fourth-order valence-corrected chi connectivity index (χ4v) is 5.93. The van der Waals surface area contributed by atoms with Crippen molar-refractivity contribution in [1.29, 1.82) is 0 Å². The van der Waals surface area contributed by atoms with Crippen LogP contribution in [0.3, 0.4) is 0 Å². The van der Waals surface area contributed by atoms with Crippen molar-refractivity contribution in [2.45, 2.75) is 136 Å². The van der Waals surface area contributed by atoms with Gasteiger partial charge in [0, 0.05) is 45.9 Å². The Labute approximate surface area is 310 Å². The zero-order valence-electron chi connectivity index (χ0n) is 31.7. The van der Waals surface area contributed by atoms with Crippen molar-refractivity contribution in [3.8, 4) is 11.5 Å². The molecule has 0 saturated heterocycles. The number of aromatic hydroxyl groups is 2. The van der Waals surface area contributed by atoms with Crippen LogP contribution in [-0.4, -0.2) is 81.9 Å². The van der Waals surface area contributed by atoms with Crippen molar-refractivity contribution in [2.75, 3.05) is 20.1 Å². The number of benzene rings is 2. The molecule has 0 bridgehead atoms. The van der Waals surface area contributed by atoms with Crippen LogP contribution in [0.5, 0.6) is 11.5 Å². The Balaban J connectivity index is 0.00000164. The van der Waals surface area contributed by atoms with E-state index < -0.39 is 11.9 Å². The molecule has 4 N–H and O–H groups in total. The van der Waals surface area contributed by atoms with Crippen molar-refractivity contribution < 1.29 is 46.8 Å². The predicted molar refractivity (Wildman–Crippen MR) is 200 cm³/mol. The molecule has 1 aliphatic rings. The van der Waals surface area contributed by atoms with Crippen LogP contribution in [0, 0.1) is 6.92 Å². The second-order valence-electron chi connectivity index (χ2n) is 15.5. The maximum Gasteiger partial charge on any atom is 0.414 e. The van der Waals surface area contributed by atoms with Crippen LogP contribution in [0.15, 0.2) is 34.3 Å². The molecular formula is C40H61CoN3O6. The van der Waals surface area contributed by atoms with Crippen LogP contribution in [0.2, 0.25) is 0 Å². The number of hydrogen-bond donors (Lipinski definition) is 4. The summed E-state index contributed by atoms with van der Waals surface area (Å²) in [5.41, 5.74) is 5.68. The quantitative estimate of drug-likeness (QED) is 0.0981. The molecule has 1 fully saturated rings. The summed E-state index contributed by atoms with van der Waals surface area (Å²) in [6, 6.07) is 8.57. The summed E-state index contributed by atoms with van der Waals surface area (Å²) in [5.74, 6) is -3.00. The molecule has 2 unspecified atom stereocenters. The number of aliphatic carboxylic acids is 2. The number of phenolic OH excluding ortho intramolecular Hbond substituents is 2. The fourth-order valence-electron chi connectivity index (χ4n) is 5.93. The van der Waals surface area contributed by atoms with Gasteiger partial charge in [-0.2, -0.15) is 0 Å². The Morgan fingerprint density at radius 3 is 1.80 bits per heavy atom. The molecule has 1 saturated carbocycles. The number of phenols is 2. The van der Waals surface area contributed by atoms with Crippen molar-refractivity contribution in [3.63, 3.8) is 0 Å². The largest absolute Gasteiger partial charge is 0.507 e. The van der Waals surface area contributed by atoms with Crippen LogP contribution in [0.1, 0.15) is 133 Å². The fraction of sp³-hybridized carbons (Fsp3) is 0.600. The van der Waals surface area contributed by atoms with E-state index in [0.29, 0.717) is 11.5 Å². The second-order valence-corrected chi connectivity index (χ2v) is 15.5. The number of carbonyl (C=O) groups is 2. The molecule has 50 heavy (non-hydrogen) atoms. The average Bonchev–Trinajstić information content (AvgIpc) is 3.02. The standard InChI is InChI=1S/C38H59N3O2.C2H2O4.Co/c1-10-11-19-41(9)20-15-14-16-28-21-27(2)35(42)29(22-28)25-39-33-17-12-13-18-34(33)40-26-30-23-31(37(3,4)5)24-32(36(30)43)38(6,7)8;3-1(4)2(5)6;/h21-26,33-34,42-43H,10-20H2,1-9H3;(H,3,4)(H,5,6);. The SMILES string of the molecule is CCCCN(C)CCCCc1cc(C)c(O)c(C=NC2CCCCC2N=Cc2cc(C(C)(C)C)cc(C(C)(C)C)c2O)c1.O=C(O)C(=O)O.[Co]. The van der Waals surface area contributed by atoms with E-state index >= 15 is 0 Å². The summed E-state index contributed by atoms with van der Waals surface area (Å²) in [7, 11) is 2.21. The predicted octanol–water partition coefficient (Wildman–Crippen LogP) is 8.06. The molecule has 0 heterocycles. The van der Waals surface area contributed by atoms with Gasteiger partial charge < -0.3 is 25.3 Å². The molecule has 0 aromatic heterocycles. The smallest absolute Gasteiger partial charge is 0.414 e. The van der Waals surface area contributed by atoms with Crippen molar-refractivity contribution >= 4 is 24.4 Å². The van der Waals surface area contributed by atoms with Gasteiger partial charge in [0.25, 0.3) is 0 Å². The van der Waals surface area contributed by atoms with E-state index in [1.165, 1.54) is 36.9 Å². The maximum absolute atomic E-state index is 11.2. The van der Waals surface area contributed by atoms with E-state index in [1.54, 1.807) is 0 Å². The number of rotatable bonds is 12. The molecule has 3 rings (SSSR count). The summed E-state index contributed by atoms with van der Waals surface area (Å²) in [5, 5.41) is 36.9. The van der Waals surface area contributed by atoms with Gasteiger partial charge >= 0.3 is 11.9 Å². The number of carboxylic acid groups (broad SMARTS) is 2. The van der Waals surface area contributed by atoms with E-state index in [1.807, 2.05) is 19.4 Å². The van der Waals surface area contributed by atoms with Crippen molar-refractivity contribution in [1.82, 2.24) is 4.90 Å². The Hall–Kier alpha value is -3.21. The summed E-state index contributed by atoms with van der Waals surface area (Å²) in [6.07, 6.45) is 13.8. The summed E-state index contributed by atoms with van der Waals surface area (Å²) < 4.78 is 0. The topological polar surface area (TPSA) is 143 Å². The Morgan fingerprint density at radius 2 is 1.32 bits per heavy atom. The summed E-state index contributed by atoms with van der Waals surface area (Å²) in [4.78, 5) is 30.7. The molecule has 2 atom stereocenters. The van der Waals surface area contributed by atoms with Gasteiger partial charge in [-0.1, -0.05) is 79.9 Å². The van der Waals surface area contributed by atoms with Crippen LogP contribution < -0.4 is 0 Å². The van der Waals surface area contributed by atoms with Gasteiger partial charge in [-0.15, -0.1) is 0 Å². The molecule has 10 heteroatoms. The number of carboxylic acids is 2. The molecule has 1 radical (unpaired) electrons. The number of nitrogens with zero attached hydrogens (tertiary/aromatic N) is 3. The van der Waals surface area contributed by atoms with Crippen LogP contribution in [0.4, 0.5) is 0 Å². The molecule has 2 aromatic carbocycles. The monoisotopic (exact) mass is 738 g/mol. The number of unbranched alkanes of at least 4 members (excludes halogenated alkanes) is 2. The van der Waals surface area contributed by atoms with E-state index in [0.717, 1.165) is 67.3 Å². The van der Waals surface area contributed by atoms with Crippen LogP contribution >= 0.6 is 0 Å². The molecule has 281 valence electrons. The van der Waals surface area contributed by atoms with Gasteiger partial charge in [0.15, 0.2) is 0 Å². The van der Waals surface area contributed by atoms with Gasteiger partial charge in [-0.3, -0.25) is 9.98 Å². The second kappa shape index (κ2) is 20.6. The first-order chi connectivity index (χ1) is 22.8. The minimum atomic E-state index is -1.82. The first-order valence-electron chi connectivity index (χ1n) is 17.8. The van der Waals surface area contributed by atoms with E-state index in [9.17, 15) is 10.2 Å². The Kier molecular flexibility index (Phi) is 18.5. The van der Waals surface area contributed by atoms with Crippen LogP contribution in [0.25, 0.3) is 0 Å². The summed E-state index contributed by atoms with van der Waals surface area (Å²) in [6.45, 7) is 19.6. The van der Waals surface area contributed by atoms with E-state index in [-0.39, 0.29) is 39.7 Å². The first-order valence-corrected chi connectivity index (χ1v) is 17.8. The third-order valence-corrected chi connectivity index (χ3v) is 9.04. The average molecular weight is 739 g/mol. The van der Waals surface area contributed by atoms with E-state index in [2.05, 4.69) is 84.7 Å². The molecule has 9 nitrogen and oxygen atoms in total. The third kappa shape index (κ3) is 14.6. The molecule has 0 amide bonds. The zero-order valence-corrected chi connectivity index (χ0v) is 32.7. The minimum Gasteiger partial charge on any atom is -0.507 e. The number of aliphatic imine (C=N–C) groups is 2. The third-order valence-electron chi connectivity index (χ3n) is 9.04. The van der Waals surface area contributed by atoms with Gasteiger partial charge in [-0.25, -0.2) is 9.59 Å². The van der Waals surface area contributed by atoms with Gasteiger partial charge in [0.2, 0.25) is 0 Å². The molecule has 2 aromatic rings. The minimum absolute atomic E-state index is 0. The van der Waals surface area contributed by atoms with Gasteiger partial charge in [0.1, 0.15) is 11.5 Å². The summed E-state index contributed by atoms with van der Waals surface area (Å²) >= 11 is 0. The van der Waals surface area contributed by atoms with Gasteiger partial charge in [-0.05, 0) is 105 Å². The zero-order chi connectivity index (χ0) is 36.9. The molecule has 0 aliphatic heterocycles. The first kappa shape index (κ1) is 44.8. The van der Waals surface area contributed by atoms with Crippen molar-refractivity contribution in [2.24, 2.45) is 9.98 Å². The van der Waals surface area contributed by atoms with Crippen LogP contribution in [-0.2, 0) is 43.6 Å². The number of hydrogen-bond acceptors (Lipinski definition) is 7. The number of aryl methyl sites for hydroxylation is 2. The Morgan fingerprint density at radius 1 is 0.800 bits per heavy atom. The van der Waals surface area contributed by atoms with Crippen molar-refractivity contribution in [3.05, 3.63) is 57.6 Å². The van der Waals surface area contributed by atoms with E-state index in [4.69, 9.17) is 29.8 Å². The van der Waals surface area contributed by atoms with Gasteiger partial charge in [0.05, 0.1) is 12.1 Å². The molecule has 1 aliphatic carbocycles. The molecular weight excluding hydrogens is 677 g/mol. The maximum atomic E-state index is 11.2. The Bertz CT molecular complexity index is 1450.